The number of fused-ring (bicyclic) bond motifs is 1. The van der Waals surface area contributed by atoms with Crippen molar-refractivity contribution in [2.75, 3.05) is 0 Å². The van der Waals surface area contributed by atoms with Gasteiger partial charge in [-0.2, -0.15) is 0 Å². The molecule has 0 aliphatic rings. The highest BCUT2D eigenvalue weighted by Gasteiger charge is 2.10. The Labute approximate surface area is 156 Å². The molecular formula is C21H18N4O2. The quantitative estimate of drug-likeness (QED) is 0.591. The molecule has 134 valence electrons. The molecule has 0 bridgehead atoms. The van der Waals surface area contributed by atoms with Crippen LogP contribution in [-0.4, -0.2) is 20.4 Å². The van der Waals surface area contributed by atoms with E-state index in [4.69, 9.17) is 4.74 Å². The lowest BCUT2D eigenvalue weighted by Crippen LogP contribution is -2.24. The number of hydrogen-bond acceptors (Lipinski definition) is 4. The summed E-state index contributed by atoms with van der Waals surface area (Å²) in [7, 11) is 1.95. The second-order valence-corrected chi connectivity index (χ2v) is 6.07. The highest BCUT2D eigenvalue weighted by atomic mass is 16.5. The van der Waals surface area contributed by atoms with Gasteiger partial charge < -0.3 is 14.6 Å². The average molecular weight is 358 g/mol. The number of nitrogens with zero attached hydrogens (tertiary/aromatic N) is 3. The number of ether oxygens (including phenoxy) is 1. The Morgan fingerprint density at radius 3 is 2.59 bits per heavy atom. The van der Waals surface area contributed by atoms with Crippen LogP contribution in [0, 0.1) is 0 Å². The van der Waals surface area contributed by atoms with Crippen LogP contribution in [0.5, 0.6) is 11.5 Å². The number of carbonyl (C=O) groups excluding carboxylic acids is 1. The zero-order chi connectivity index (χ0) is 18.6. The lowest BCUT2D eigenvalue weighted by Gasteiger charge is -2.08. The van der Waals surface area contributed by atoms with Crippen LogP contribution in [-0.2, 0) is 13.6 Å². The van der Waals surface area contributed by atoms with Crippen molar-refractivity contribution in [3.63, 3.8) is 0 Å². The molecule has 4 rings (SSSR count). The van der Waals surface area contributed by atoms with Crippen LogP contribution in [0.4, 0.5) is 0 Å². The largest absolute Gasteiger partial charge is 0.456 e. The van der Waals surface area contributed by atoms with Crippen LogP contribution in [0.2, 0.25) is 0 Å². The second kappa shape index (κ2) is 7.29. The smallest absolute Gasteiger partial charge is 0.251 e. The summed E-state index contributed by atoms with van der Waals surface area (Å²) in [5.74, 6) is 1.95. The van der Waals surface area contributed by atoms with Gasteiger partial charge in [-0.05, 0) is 48.5 Å². The topological polar surface area (TPSA) is 69.0 Å². The highest BCUT2D eigenvalue weighted by Crippen LogP contribution is 2.20. The van der Waals surface area contributed by atoms with E-state index in [1.165, 1.54) is 0 Å². The van der Waals surface area contributed by atoms with Gasteiger partial charge in [-0.1, -0.05) is 12.1 Å². The summed E-state index contributed by atoms with van der Waals surface area (Å²) in [6.45, 7) is 0.359. The molecule has 0 radical (unpaired) electrons. The summed E-state index contributed by atoms with van der Waals surface area (Å²) in [5, 5.41) is 2.91. The number of imidazole rings is 1. The molecule has 0 saturated carbocycles. The number of aromatic nitrogens is 3. The summed E-state index contributed by atoms with van der Waals surface area (Å²) in [6, 6.07) is 18.5. The molecule has 2 heterocycles. The summed E-state index contributed by atoms with van der Waals surface area (Å²) < 4.78 is 7.67. The van der Waals surface area contributed by atoms with E-state index in [1.54, 1.807) is 42.7 Å². The predicted octanol–water partition coefficient (Wildman–Crippen LogP) is 3.69. The Hall–Kier alpha value is -3.67. The first-order valence-electron chi connectivity index (χ1n) is 8.57. The Morgan fingerprint density at radius 2 is 1.85 bits per heavy atom. The van der Waals surface area contributed by atoms with Crippen molar-refractivity contribution >= 4 is 16.9 Å². The van der Waals surface area contributed by atoms with Crippen LogP contribution >= 0.6 is 0 Å². The van der Waals surface area contributed by atoms with Gasteiger partial charge in [0.2, 0.25) is 0 Å². The van der Waals surface area contributed by atoms with Crippen molar-refractivity contribution in [1.82, 2.24) is 19.9 Å². The van der Waals surface area contributed by atoms with Crippen molar-refractivity contribution in [3.8, 4) is 11.5 Å². The van der Waals surface area contributed by atoms with Crippen LogP contribution in [0.1, 0.15) is 16.2 Å². The summed E-state index contributed by atoms with van der Waals surface area (Å²) in [4.78, 5) is 21.0. The number of para-hydroxylation sites is 2. The molecule has 0 saturated heterocycles. The minimum absolute atomic E-state index is 0.157. The van der Waals surface area contributed by atoms with Crippen LogP contribution in [0.3, 0.4) is 0 Å². The van der Waals surface area contributed by atoms with Crippen LogP contribution in [0.15, 0.2) is 73.1 Å². The summed E-state index contributed by atoms with van der Waals surface area (Å²) >= 11 is 0. The molecule has 0 unspecified atom stereocenters. The van der Waals surface area contributed by atoms with E-state index in [1.807, 2.05) is 41.9 Å². The maximum Gasteiger partial charge on any atom is 0.251 e. The van der Waals surface area contributed by atoms with E-state index < -0.39 is 0 Å². The van der Waals surface area contributed by atoms with Crippen molar-refractivity contribution in [2.24, 2.45) is 7.05 Å². The molecule has 1 amide bonds. The fourth-order valence-corrected chi connectivity index (χ4v) is 2.83. The number of nitrogens with one attached hydrogen (secondary N) is 1. The number of rotatable bonds is 5. The molecule has 0 fully saturated rings. The van der Waals surface area contributed by atoms with Crippen molar-refractivity contribution in [3.05, 3.63) is 84.4 Å². The molecule has 4 aromatic rings. The van der Waals surface area contributed by atoms with E-state index in [0.717, 1.165) is 16.9 Å². The maximum atomic E-state index is 12.4. The van der Waals surface area contributed by atoms with E-state index in [9.17, 15) is 4.79 Å². The second-order valence-electron chi connectivity index (χ2n) is 6.07. The van der Waals surface area contributed by atoms with Gasteiger partial charge in [-0.3, -0.25) is 9.78 Å². The first-order chi connectivity index (χ1) is 13.2. The predicted molar refractivity (Wildman–Crippen MR) is 103 cm³/mol. The molecule has 2 aromatic carbocycles. The fourth-order valence-electron chi connectivity index (χ4n) is 2.83. The van der Waals surface area contributed by atoms with E-state index in [2.05, 4.69) is 15.3 Å². The number of hydrogen-bond donors (Lipinski definition) is 1. The molecule has 0 spiro atoms. The van der Waals surface area contributed by atoms with Crippen molar-refractivity contribution in [2.45, 2.75) is 6.54 Å². The molecular weight excluding hydrogens is 340 g/mol. The third-order valence-corrected chi connectivity index (χ3v) is 4.27. The lowest BCUT2D eigenvalue weighted by atomic mass is 10.2. The van der Waals surface area contributed by atoms with Gasteiger partial charge in [0.15, 0.2) is 0 Å². The van der Waals surface area contributed by atoms with Crippen molar-refractivity contribution < 1.29 is 9.53 Å². The Morgan fingerprint density at radius 1 is 1.04 bits per heavy atom. The molecule has 27 heavy (non-hydrogen) atoms. The maximum absolute atomic E-state index is 12.4. The molecule has 1 N–H and O–H groups in total. The van der Waals surface area contributed by atoms with Gasteiger partial charge in [0.05, 0.1) is 23.8 Å². The average Bonchev–Trinajstić information content (AvgIpc) is 3.03. The van der Waals surface area contributed by atoms with Gasteiger partial charge in [0.1, 0.15) is 17.3 Å². The Kier molecular flexibility index (Phi) is 4.53. The van der Waals surface area contributed by atoms with E-state index in [-0.39, 0.29) is 5.91 Å². The number of carbonyl (C=O) groups is 1. The molecule has 6 nitrogen and oxygen atoms in total. The van der Waals surface area contributed by atoms with Crippen LogP contribution in [0.25, 0.3) is 11.0 Å². The van der Waals surface area contributed by atoms with Crippen molar-refractivity contribution in [1.29, 1.82) is 0 Å². The van der Waals surface area contributed by atoms with Gasteiger partial charge >= 0.3 is 0 Å². The van der Waals surface area contributed by atoms with E-state index >= 15 is 0 Å². The molecule has 2 aromatic heterocycles. The first kappa shape index (κ1) is 16.8. The molecule has 0 aliphatic carbocycles. The van der Waals surface area contributed by atoms with Gasteiger partial charge in [-0.25, -0.2) is 4.98 Å². The minimum atomic E-state index is -0.157. The zero-order valence-corrected chi connectivity index (χ0v) is 14.8. The first-order valence-corrected chi connectivity index (χ1v) is 8.57. The van der Waals surface area contributed by atoms with Gasteiger partial charge in [-0.15, -0.1) is 0 Å². The summed E-state index contributed by atoms with van der Waals surface area (Å²) in [5.41, 5.74) is 2.52. The SMILES string of the molecule is Cn1c(CNC(=O)c2ccc(Oc3cccnc3)cc2)nc2ccccc21. The van der Waals surface area contributed by atoms with Crippen LogP contribution < -0.4 is 10.1 Å². The normalized spacial score (nSPS) is 10.7. The number of benzene rings is 2. The van der Waals surface area contributed by atoms with Gasteiger partial charge in [0.25, 0.3) is 5.91 Å². The Bertz CT molecular complexity index is 1070. The van der Waals surface area contributed by atoms with Gasteiger partial charge in [0, 0.05) is 18.8 Å². The lowest BCUT2D eigenvalue weighted by molar-refractivity contribution is 0.0949. The fraction of sp³-hybridized carbons (Fsp3) is 0.0952. The number of aryl methyl sites for hydroxylation is 1. The molecule has 0 atom stereocenters. The standard InChI is InChI=1S/C21H18N4O2/c1-25-19-7-3-2-6-18(19)24-20(25)14-23-21(26)15-8-10-16(11-9-15)27-17-5-4-12-22-13-17/h2-13H,14H2,1H3,(H,23,26). The minimum Gasteiger partial charge on any atom is -0.456 e. The molecule has 6 heteroatoms. The third kappa shape index (κ3) is 3.64. The van der Waals surface area contributed by atoms with E-state index in [0.29, 0.717) is 23.6 Å². The highest BCUT2D eigenvalue weighted by molar-refractivity contribution is 5.94. The molecule has 0 aliphatic heterocycles. The Balaban J connectivity index is 1.41. The zero-order valence-electron chi connectivity index (χ0n) is 14.8. The number of pyridine rings is 1. The number of amides is 1. The third-order valence-electron chi connectivity index (χ3n) is 4.27. The summed E-state index contributed by atoms with van der Waals surface area (Å²) in [6.07, 6.45) is 3.32. The monoisotopic (exact) mass is 358 g/mol.